The van der Waals surface area contributed by atoms with E-state index in [1.165, 1.54) is 19.2 Å². The highest BCUT2D eigenvalue weighted by Gasteiger charge is 2.42. The van der Waals surface area contributed by atoms with Gasteiger partial charge in [0.05, 0.1) is 4.90 Å². The number of nitrogens with one attached hydrogen (secondary N) is 3. The fourth-order valence-electron chi connectivity index (χ4n) is 3.03. The smallest absolute Gasteiger partial charge is 0.252 e. The second kappa shape index (κ2) is 6.95. The third-order valence-corrected chi connectivity index (χ3v) is 5.88. The van der Waals surface area contributed by atoms with Crippen LogP contribution in [-0.2, 0) is 20.4 Å². The van der Waals surface area contributed by atoms with Gasteiger partial charge in [-0.1, -0.05) is 6.07 Å². The van der Waals surface area contributed by atoms with Crippen molar-refractivity contribution >= 4 is 21.6 Å². The molecule has 8 nitrogen and oxygen atoms in total. The number of carbonyl (C=O) groups excluding carboxylic acids is 1. The maximum atomic E-state index is 13.1. The van der Waals surface area contributed by atoms with E-state index in [1.54, 1.807) is 35.3 Å². The molecular weight excluding hydrogens is 342 g/mol. The van der Waals surface area contributed by atoms with Crippen LogP contribution in [-0.4, -0.2) is 44.2 Å². The van der Waals surface area contributed by atoms with Gasteiger partial charge in [-0.25, -0.2) is 13.1 Å². The molecule has 1 aromatic heterocycles. The van der Waals surface area contributed by atoms with Crippen molar-refractivity contribution in [1.29, 1.82) is 0 Å². The van der Waals surface area contributed by atoms with E-state index in [0.717, 1.165) is 0 Å². The van der Waals surface area contributed by atoms with Gasteiger partial charge in [0.1, 0.15) is 5.54 Å². The van der Waals surface area contributed by atoms with Gasteiger partial charge in [-0.3, -0.25) is 9.48 Å². The molecule has 0 atom stereocenters. The van der Waals surface area contributed by atoms with Crippen molar-refractivity contribution in [3.8, 4) is 0 Å². The minimum absolute atomic E-state index is 0.103. The van der Waals surface area contributed by atoms with E-state index in [1.807, 2.05) is 0 Å². The Morgan fingerprint density at radius 1 is 1.28 bits per heavy atom. The van der Waals surface area contributed by atoms with E-state index in [0.29, 0.717) is 31.6 Å². The standard InChI is InChI=1S/C16H21N5O3S/c1-17-25(23,24)14-5-2-4-13(12-14)20-15(22)16(6-9-18-10-7-16)21-11-3-8-19-21/h2-5,8,11-12,17-18H,6-7,9-10H2,1H3,(H,20,22). The SMILES string of the molecule is CNS(=O)(=O)c1cccc(NC(=O)C2(n3cccn3)CCNCC2)c1. The lowest BCUT2D eigenvalue weighted by Crippen LogP contribution is -2.52. The van der Waals surface area contributed by atoms with E-state index in [2.05, 4.69) is 20.5 Å². The summed E-state index contributed by atoms with van der Waals surface area (Å²) in [5.41, 5.74) is -0.349. The minimum Gasteiger partial charge on any atom is -0.324 e. The van der Waals surface area contributed by atoms with Crippen LogP contribution >= 0.6 is 0 Å². The third-order valence-electron chi connectivity index (χ3n) is 4.47. The summed E-state index contributed by atoms with van der Waals surface area (Å²) in [6.45, 7) is 1.42. The number of piperidine rings is 1. The predicted molar refractivity (Wildman–Crippen MR) is 93.6 cm³/mol. The van der Waals surface area contributed by atoms with E-state index in [4.69, 9.17) is 0 Å². The van der Waals surface area contributed by atoms with E-state index in [-0.39, 0.29) is 10.8 Å². The van der Waals surface area contributed by atoms with E-state index >= 15 is 0 Å². The molecule has 1 aliphatic heterocycles. The van der Waals surface area contributed by atoms with Crippen LogP contribution in [0.2, 0.25) is 0 Å². The molecule has 0 radical (unpaired) electrons. The molecule has 0 unspecified atom stereocenters. The predicted octanol–water partition coefficient (Wildman–Crippen LogP) is 0.509. The van der Waals surface area contributed by atoms with E-state index in [9.17, 15) is 13.2 Å². The molecule has 25 heavy (non-hydrogen) atoms. The number of benzene rings is 1. The lowest BCUT2D eigenvalue weighted by atomic mass is 9.87. The molecule has 9 heteroatoms. The molecular formula is C16H21N5O3S. The number of hydrogen-bond acceptors (Lipinski definition) is 5. The lowest BCUT2D eigenvalue weighted by Gasteiger charge is -2.36. The second-order valence-corrected chi connectivity index (χ2v) is 7.81. The Balaban J connectivity index is 1.89. The van der Waals surface area contributed by atoms with Crippen molar-refractivity contribution in [3.63, 3.8) is 0 Å². The number of carbonyl (C=O) groups is 1. The van der Waals surface area contributed by atoms with Gasteiger partial charge in [0.15, 0.2) is 0 Å². The molecule has 0 bridgehead atoms. The van der Waals surface area contributed by atoms with Crippen LogP contribution in [0.4, 0.5) is 5.69 Å². The largest absolute Gasteiger partial charge is 0.324 e. The molecule has 1 amide bonds. The summed E-state index contributed by atoms with van der Waals surface area (Å²) < 4.78 is 27.8. The van der Waals surface area contributed by atoms with Gasteiger partial charge in [-0.2, -0.15) is 5.10 Å². The van der Waals surface area contributed by atoms with Crippen LogP contribution in [0, 0.1) is 0 Å². The highest BCUT2D eigenvalue weighted by Crippen LogP contribution is 2.29. The van der Waals surface area contributed by atoms with Crippen LogP contribution in [0.5, 0.6) is 0 Å². The number of nitrogens with zero attached hydrogens (tertiary/aromatic N) is 2. The maximum absolute atomic E-state index is 13.1. The Bertz CT molecular complexity index is 842. The maximum Gasteiger partial charge on any atom is 0.252 e. The Labute approximate surface area is 146 Å². The normalized spacial score (nSPS) is 17.2. The topological polar surface area (TPSA) is 105 Å². The number of sulfonamides is 1. The summed E-state index contributed by atoms with van der Waals surface area (Å²) in [4.78, 5) is 13.2. The monoisotopic (exact) mass is 363 g/mol. The average Bonchev–Trinajstić information content (AvgIpc) is 3.17. The van der Waals surface area contributed by atoms with Gasteiger partial charge in [0, 0.05) is 18.1 Å². The third kappa shape index (κ3) is 3.44. The molecule has 2 aromatic rings. The summed E-state index contributed by atoms with van der Waals surface area (Å²) in [5, 5.41) is 10.4. The first-order valence-electron chi connectivity index (χ1n) is 8.04. The summed E-state index contributed by atoms with van der Waals surface area (Å²) in [7, 11) is -2.22. The van der Waals surface area contributed by atoms with Crippen molar-refractivity contribution in [1.82, 2.24) is 19.8 Å². The van der Waals surface area contributed by atoms with Crippen LogP contribution in [0.25, 0.3) is 0 Å². The number of hydrogen-bond donors (Lipinski definition) is 3. The highest BCUT2D eigenvalue weighted by atomic mass is 32.2. The number of amides is 1. The minimum atomic E-state index is -3.57. The molecule has 2 heterocycles. The Morgan fingerprint density at radius 3 is 2.68 bits per heavy atom. The fraction of sp³-hybridized carbons (Fsp3) is 0.375. The van der Waals surface area contributed by atoms with Crippen molar-refractivity contribution < 1.29 is 13.2 Å². The van der Waals surface area contributed by atoms with Crippen LogP contribution < -0.4 is 15.4 Å². The zero-order valence-corrected chi connectivity index (χ0v) is 14.7. The number of aromatic nitrogens is 2. The van der Waals surface area contributed by atoms with Gasteiger partial charge in [-0.05, 0) is 57.2 Å². The molecule has 1 aliphatic rings. The Hall–Kier alpha value is -2.23. The Morgan fingerprint density at radius 2 is 2.04 bits per heavy atom. The lowest BCUT2D eigenvalue weighted by molar-refractivity contribution is -0.126. The first-order valence-corrected chi connectivity index (χ1v) is 9.52. The van der Waals surface area contributed by atoms with Gasteiger partial charge in [0.25, 0.3) is 5.91 Å². The number of rotatable bonds is 5. The Kier molecular flexibility index (Phi) is 4.89. The van der Waals surface area contributed by atoms with Crippen molar-refractivity contribution in [2.75, 3.05) is 25.5 Å². The fourth-order valence-corrected chi connectivity index (χ4v) is 3.80. The number of anilines is 1. The van der Waals surface area contributed by atoms with Crippen molar-refractivity contribution in [2.24, 2.45) is 0 Å². The summed E-state index contributed by atoms with van der Waals surface area (Å²) in [6.07, 6.45) is 4.65. The second-order valence-electron chi connectivity index (χ2n) is 5.92. The molecule has 0 saturated carbocycles. The van der Waals surface area contributed by atoms with Crippen LogP contribution in [0.1, 0.15) is 12.8 Å². The summed E-state index contributed by atoms with van der Waals surface area (Å²) >= 11 is 0. The quantitative estimate of drug-likeness (QED) is 0.718. The van der Waals surface area contributed by atoms with Crippen molar-refractivity contribution in [3.05, 3.63) is 42.7 Å². The zero-order chi connectivity index (χ0) is 17.9. The molecule has 0 spiro atoms. The molecule has 1 aromatic carbocycles. The highest BCUT2D eigenvalue weighted by molar-refractivity contribution is 7.89. The first-order chi connectivity index (χ1) is 12.0. The van der Waals surface area contributed by atoms with E-state index < -0.39 is 15.6 Å². The van der Waals surface area contributed by atoms with Gasteiger partial charge in [-0.15, -0.1) is 0 Å². The van der Waals surface area contributed by atoms with Crippen LogP contribution in [0.15, 0.2) is 47.6 Å². The molecule has 1 saturated heterocycles. The van der Waals surface area contributed by atoms with Gasteiger partial charge < -0.3 is 10.6 Å². The average molecular weight is 363 g/mol. The molecule has 3 N–H and O–H groups in total. The molecule has 1 fully saturated rings. The summed E-state index contributed by atoms with van der Waals surface area (Å²) in [5.74, 6) is -0.197. The molecule has 3 rings (SSSR count). The van der Waals surface area contributed by atoms with Gasteiger partial charge in [0.2, 0.25) is 10.0 Å². The van der Waals surface area contributed by atoms with Crippen molar-refractivity contribution in [2.45, 2.75) is 23.3 Å². The zero-order valence-electron chi connectivity index (χ0n) is 13.9. The summed E-state index contributed by atoms with van der Waals surface area (Å²) in [6, 6.07) is 7.99. The van der Waals surface area contributed by atoms with Crippen LogP contribution in [0.3, 0.4) is 0 Å². The molecule has 134 valence electrons. The van der Waals surface area contributed by atoms with Gasteiger partial charge >= 0.3 is 0 Å². The first kappa shape index (κ1) is 17.6. The molecule has 0 aliphatic carbocycles.